The smallest absolute Gasteiger partial charge is 0.222 e. The number of carbonyl (C=O) groups is 1. The number of piperidine rings is 1. The Morgan fingerprint density at radius 2 is 2.05 bits per heavy atom. The number of nitrogens with two attached hydrogens (primary N) is 1. The number of aromatic nitrogens is 1. The summed E-state index contributed by atoms with van der Waals surface area (Å²) in [5, 5.41) is 0. The fraction of sp³-hybridized carbons (Fsp3) is 0.625. The number of rotatable bonds is 7. The van der Waals surface area contributed by atoms with Crippen LogP contribution in [0.3, 0.4) is 0 Å². The molecule has 0 aromatic carbocycles. The first-order chi connectivity index (χ1) is 10.3. The molecule has 1 fully saturated rings. The molecule has 5 nitrogen and oxygen atoms in total. The van der Waals surface area contributed by atoms with Gasteiger partial charge in [0.2, 0.25) is 5.91 Å². The fourth-order valence-electron chi connectivity index (χ4n) is 2.56. The molecule has 2 rings (SSSR count). The Morgan fingerprint density at radius 3 is 2.71 bits per heavy atom. The molecule has 21 heavy (non-hydrogen) atoms. The Morgan fingerprint density at radius 1 is 1.33 bits per heavy atom. The van der Waals surface area contributed by atoms with Crippen molar-refractivity contribution in [2.45, 2.75) is 38.2 Å². The third-order valence-corrected chi connectivity index (χ3v) is 3.87. The third kappa shape index (κ3) is 5.44. The molecule has 0 spiro atoms. The zero-order chi connectivity index (χ0) is 14.9. The van der Waals surface area contributed by atoms with Crippen LogP contribution in [0, 0.1) is 0 Å². The maximum atomic E-state index is 12.2. The van der Waals surface area contributed by atoms with E-state index in [2.05, 4.69) is 4.98 Å². The van der Waals surface area contributed by atoms with Gasteiger partial charge in [-0.25, -0.2) is 0 Å². The number of ether oxygens (including phenoxy) is 1. The van der Waals surface area contributed by atoms with Crippen molar-refractivity contribution in [3.05, 3.63) is 30.1 Å². The molecule has 1 aliphatic heterocycles. The molecule has 2 N–H and O–H groups in total. The van der Waals surface area contributed by atoms with Crippen LogP contribution in [-0.2, 0) is 16.0 Å². The van der Waals surface area contributed by atoms with Gasteiger partial charge in [-0.15, -0.1) is 0 Å². The molecule has 1 aromatic heterocycles. The minimum Gasteiger partial charge on any atom is -0.378 e. The van der Waals surface area contributed by atoms with Gasteiger partial charge in [0.15, 0.2) is 0 Å². The van der Waals surface area contributed by atoms with Gasteiger partial charge in [-0.05, 0) is 49.9 Å². The maximum Gasteiger partial charge on any atom is 0.222 e. The molecule has 0 radical (unpaired) electrons. The molecule has 0 bridgehead atoms. The van der Waals surface area contributed by atoms with E-state index in [4.69, 9.17) is 10.5 Å². The first-order valence-electron chi connectivity index (χ1n) is 7.78. The quantitative estimate of drug-likeness (QED) is 0.770. The summed E-state index contributed by atoms with van der Waals surface area (Å²) >= 11 is 0. The van der Waals surface area contributed by atoms with Crippen LogP contribution in [-0.4, -0.2) is 48.1 Å². The lowest BCUT2D eigenvalue weighted by Crippen LogP contribution is -2.41. The highest BCUT2D eigenvalue weighted by atomic mass is 16.5. The van der Waals surface area contributed by atoms with Gasteiger partial charge in [0, 0.05) is 38.5 Å². The highest BCUT2D eigenvalue weighted by Gasteiger charge is 2.22. The number of hydrogen-bond donors (Lipinski definition) is 1. The summed E-state index contributed by atoms with van der Waals surface area (Å²) in [6.07, 6.45) is 7.97. The molecule has 116 valence electrons. The van der Waals surface area contributed by atoms with Gasteiger partial charge < -0.3 is 15.4 Å². The minimum absolute atomic E-state index is 0.243. The number of pyridine rings is 1. The lowest BCUT2D eigenvalue weighted by Gasteiger charge is -2.32. The van der Waals surface area contributed by atoms with Gasteiger partial charge in [0.1, 0.15) is 0 Å². The van der Waals surface area contributed by atoms with Gasteiger partial charge >= 0.3 is 0 Å². The normalized spacial score (nSPS) is 16.1. The van der Waals surface area contributed by atoms with Crippen LogP contribution in [0.1, 0.15) is 31.2 Å². The molecule has 1 aliphatic rings. The van der Waals surface area contributed by atoms with Crippen molar-refractivity contribution in [2.24, 2.45) is 5.73 Å². The largest absolute Gasteiger partial charge is 0.378 e. The number of hydrogen-bond acceptors (Lipinski definition) is 4. The maximum absolute atomic E-state index is 12.2. The van der Waals surface area contributed by atoms with E-state index in [1.807, 2.05) is 17.0 Å². The lowest BCUT2D eigenvalue weighted by molar-refractivity contribution is -0.133. The van der Waals surface area contributed by atoms with Gasteiger partial charge in [0.05, 0.1) is 6.10 Å². The first-order valence-corrected chi connectivity index (χ1v) is 7.78. The van der Waals surface area contributed by atoms with E-state index in [9.17, 15) is 4.79 Å². The van der Waals surface area contributed by atoms with Crippen LogP contribution in [0.2, 0.25) is 0 Å². The second kappa shape index (κ2) is 8.74. The zero-order valence-electron chi connectivity index (χ0n) is 12.5. The van der Waals surface area contributed by atoms with Crippen LogP contribution in [0.25, 0.3) is 0 Å². The van der Waals surface area contributed by atoms with E-state index >= 15 is 0 Å². The number of likely N-dealkylation sites (tertiary alicyclic amines) is 1. The Balaban J connectivity index is 1.66. The summed E-state index contributed by atoms with van der Waals surface area (Å²) in [7, 11) is 0. The average molecular weight is 291 g/mol. The number of amides is 1. The monoisotopic (exact) mass is 291 g/mol. The molecule has 5 heteroatoms. The summed E-state index contributed by atoms with van der Waals surface area (Å²) in [5.74, 6) is 0.243. The molecule has 0 atom stereocenters. The van der Waals surface area contributed by atoms with Crippen molar-refractivity contribution in [1.29, 1.82) is 0 Å². The summed E-state index contributed by atoms with van der Waals surface area (Å²) < 4.78 is 5.76. The Bertz CT molecular complexity index is 417. The second-order valence-electron chi connectivity index (χ2n) is 5.45. The van der Waals surface area contributed by atoms with Crippen LogP contribution < -0.4 is 5.73 Å². The summed E-state index contributed by atoms with van der Waals surface area (Å²) in [6.45, 7) is 3.02. The molecular weight excluding hydrogens is 266 g/mol. The fourth-order valence-corrected chi connectivity index (χ4v) is 2.56. The summed E-state index contributed by atoms with van der Waals surface area (Å²) in [4.78, 5) is 18.1. The molecule has 0 aliphatic carbocycles. The molecule has 2 heterocycles. The van der Waals surface area contributed by atoms with Crippen LogP contribution in [0.15, 0.2) is 24.5 Å². The van der Waals surface area contributed by atoms with E-state index in [0.717, 1.165) is 45.4 Å². The third-order valence-electron chi connectivity index (χ3n) is 3.87. The molecule has 1 saturated heterocycles. The first kappa shape index (κ1) is 15.9. The second-order valence-corrected chi connectivity index (χ2v) is 5.45. The van der Waals surface area contributed by atoms with Gasteiger partial charge in [-0.1, -0.05) is 0 Å². The van der Waals surface area contributed by atoms with Crippen molar-refractivity contribution in [2.75, 3.05) is 26.2 Å². The van der Waals surface area contributed by atoms with Crippen molar-refractivity contribution in [3.8, 4) is 0 Å². The molecule has 1 amide bonds. The van der Waals surface area contributed by atoms with Gasteiger partial charge in [0.25, 0.3) is 0 Å². The average Bonchev–Trinajstić information content (AvgIpc) is 2.54. The molecular formula is C16H25N3O2. The standard InChI is InChI=1S/C16H25N3O2/c17-8-1-13-21-15-6-11-19(12-7-15)16(20)3-2-14-4-9-18-10-5-14/h4-5,9-10,15H,1-3,6-8,11-13,17H2. The highest BCUT2D eigenvalue weighted by Crippen LogP contribution is 2.15. The lowest BCUT2D eigenvalue weighted by atomic mass is 10.1. The molecule has 1 aromatic rings. The Labute approximate surface area is 126 Å². The SMILES string of the molecule is NCCCOC1CCN(C(=O)CCc2ccncc2)CC1. The van der Waals surface area contributed by atoms with Crippen molar-refractivity contribution in [1.82, 2.24) is 9.88 Å². The van der Waals surface area contributed by atoms with E-state index in [1.165, 1.54) is 5.56 Å². The number of aryl methyl sites for hydroxylation is 1. The van der Waals surface area contributed by atoms with E-state index in [-0.39, 0.29) is 5.91 Å². The zero-order valence-corrected chi connectivity index (χ0v) is 12.5. The number of nitrogens with zero attached hydrogens (tertiary/aromatic N) is 2. The van der Waals surface area contributed by atoms with Crippen molar-refractivity contribution < 1.29 is 9.53 Å². The molecule has 0 unspecified atom stereocenters. The predicted molar refractivity (Wildman–Crippen MR) is 81.8 cm³/mol. The number of carbonyl (C=O) groups excluding carboxylic acids is 1. The highest BCUT2D eigenvalue weighted by molar-refractivity contribution is 5.76. The molecule has 0 saturated carbocycles. The van der Waals surface area contributed by atoms with E-state index in [0.29, 0.717) is 19.1 Å². The predicted octanol–water partition coefficient (Wildman–Crippen LogP) is 1.37. The van der Waals surface area contributed by atoms with Gasteiger partial charge in [-0.3, -0.25) is 9.78 Å². The van der Waals surface area contributed by atoms with Crippen LogP contribution in [0.4, 0.5) is 0 Å². The van der Waals surface area contributed by atoms with Crippen LogP contribution >= 0.6 is 0 Å². The Kier molecular flexibility index (Phi) is 6.63. The van der Waals surface area contributed by atoms with Crippen molar-refractivity contribution >= 4 is 5.91 Å². The van der Waals surface area contributed by atoms with Gasteiger partial charge in [-0.2, -0.15) is 0 Å². The topological polar surface area (TPSA) is 68.5 Å². The Hall–Kier alpha value is -1.46. The summed E-state index contributed by atoms with van der Waals surface area (Å²) in [5.41, 5.74) is 6.62. The van der Waals surface area contributed by atoms with E-state index in [1.54, 1.807) is 12.4 Å². The van der Waals surface area contributed by atoms with Crippen LogP contribution in [0.5, 0.6) is 0 Å². The van der Waals surface area contributed by atoms with Crippen molar-refractivity contribution in [3.63, 3.8) is 0 Å². The van der Waals surface area contributed by atoms with E-state index < -0.39 is 0 Å². The summed E-state index contributed by atoms with van der Waals surface area (Å²) in [6, 6.07) is 3.93. The minimum atomic E-state index is 0.243.